The van der Waals surface area contributed by atoms with Gasteiger partial charge in [0, 0.05) is 16.7 Å². The topological polar surface area (TPSA) is 12.0 Å². The van der Waals surface area contributed by atoms with E-state index < -0.39 is 0 Å². The molecule has 0 spiro atoms. The molecule has 0 atom stereocenters. The van der Waals surface area contributed by atoms with Gasteiger partial charge in [-0.3, -0.25) is 0 Å². The zero-order valence-electron chi connectivity index (χ0n) is 9.44. The van der Waals surface area contributed by atoms with Crippen LogP contribution in [0.1, 0.15) is 25.8 Å². The molecule has 0 aliphatic rings. The number of anilines is 1. The summed E-state index contributed by atoms with van der Waals surface area (Å²) in [5, 5.41) is 3.44. The first-order valence-electron chi connectivity index (χ1n) is 5.30. The Morgan fingerprint density at radius 3 is 2.80 bits per heavy atom. The molecule has 0 fully saturated rings. The summed E-state index contributed by atoms with van der Waals surface area (Å²) in [5.41, 5.74) is 3.81. The van der Waals surface area contributed by atoms with Gasteiger partial charge < -0.3 is 5.32 Å². The average Bonchev–Trinajstić information content (AvgIpc) is 2.19. The van der Waals surface area contributed by atoms with Gasteiger partial charge in [0.15, 0.2) is 0 Å². The van der Waals surface area contributed by atoms with Crippen LogP contribution in [0.15, 0.2) is 34.8 Å². The number of halogens is 1. The molecule has 15 heavy (non-hydrogen) atoms. The van der Waals surface area contributed by atoms with Gasteiger partial charge in [-0.25, -0.2) is 0 Å². The first-order valence-corrected chi connectivity index (χ1v) is 6.09. The third kappa shape index (κ3) is 4.08. The van der Waals surface area contributed by atoms with E-state index in [0.29, 0.717) is 0 Å². The molecule has 0 aliphatic carbocycles. The van der Waals surface area contributed by atoms with Crippen molar-refractivity contribution in [2.45, 2.75) is 26.7 Å². The van der Waals surface area contributed by atoms with Gasteiger partial charge in [0.1, 0.15) is 0 Å². The molecule has 1 aromatic rings. The first kappa shape index (κ1) is 12.3. The molecule has 0 aliphatic heterocycles. The lowest BCUT2D eigenvalue weighted by molar-refractivity contribution is 0.993. The Bertz CT molecular complexity index is 344. The lowest BCUT2D eigenvalue weighted by Crippen LogP contribution is -2.04. The average molecular weight is 268 g/mol. The fraction of sp³-hybridized carbons (Fsp3) is 0.385. The van der Waals surface area contributed by atoms with Crippen molar-refractivity contribution in [3.63, 3.8) is 0 Å². The second-order valence-corrected chi connectivity index (χ2v) is 4.70. The lowest BCUT2D eigenvalue weighted by atomic mass is 10.1. The minimum Gasteiger partial charge on any atom is -0.385 e. The van der Waals surface area contributed by atoms with Gasteiger partial charge in [0.2, 0.25) is 0 Å². The van der Waals surface area contributed by atoms with Gasteiger partial charge in [-0.2, -0.15) is 0 Å². The summed E-state index contributed by atoms with van der Waals surface area (Å²) in [7, 11) is 0. The van der Waals surface area contributed by atoms with Crippen LogP contribution in [0.4, 0.5) is 5.69 Å². The number of hydrogen-bond donors (Lipinski definition) is 1. The Balaban J connectivity index is 2.63. The number of rotatable bonds is 5. The predicted octanol–water partition coefficient (Wildman–Crippen LogP) is 4.39. The van der Waals surface area contributed by atoms with Crippen LogP contribution in [-0.4, -0.2) is 6.54 Å². The largest absolute Gasteiger partial charge is 0.385 e. The van der Waals surface area contributed by atoms with E-state index in [1.807, 2.05) is 0 Å². The van der Waals surface area contributed by atoms with Crippen molar-refractivity contribution in [1.82, 2.24) is 0 Å². The summed E-state index contributed by atoms with van der Waals surface area (Å²) in [4.78, 5) is 0. The minimum absolute atomic E-state index is 0.962. The molecule has 0 saturated carbocycles. The Kier molecular flexibility index (Phi) is 4.89. The normalized spacial score (nSPS) is 10.1. The van der Waals surface area contributed by atoms with Gasteiger partial charge in [-0.15, -0.1) is 6.58 Å². The molecule has 0 aromatic heterocycles. The van der Waals surface area contributed by atoms with Crippen LogP contribution in [-0.2, 0) is 6.42 Å². The van der Waals surface area contributed by atoms with Crippen LogP contribution < -0.4 is 5.32 Å². The Labute approximate surface area is 101 Å². The third-order valence-corrected chi connectivity index (χ3v) is 2.81. The van der Waals surface area contributed by atoms with E-state index in [0.717, 1.165) is 23.9 Å². The van der Waals surface area contributed by atoms with Gasteiger partial charge in [-0.05, 0) is 43.5 Å². The molecule has 1 N–H and O–H groups in total. The third-order valence-electron chi connectivity index (χ3n) is 2.32. The molecule has 1 nitrogen and oxygen atoms in total. The van der Waals surface area contributed by atoms with E-state index in [2.05, 4.69) is 59.9 Å². The molecule has 82 valence electrons. The van der Waals surface area contributed by atoms with E-state index in [-0.39, 0.29) is 0 Å². The standard InChI is InChI=1S/C13H18BrN/c1-4-11-9-12(14)5-6-13(11)15-8-7-10(2)3/h5-6,9,15H,2,4,7-8H2,1,3H3. The van der Waals surface area contributed by atoms with E-state index in [1.165, 1.54) is 16.8 Å². The van der Waals surface area contributed by atoms with E-state index >= 15 is 0 Å². The van der Waals surface area contributed by atoms with Crippen LogP contribution >= 0.6 is 15.9 Å². The molecule has 0 saturated heterocycles. The van der Waals surface area contributed by atoms with Crippen LogP contribution in [0.25, 0.3) is 0 Å². The SMILES string of the molecule is C=C(C)CCNc1ccc(Br)cc1CC. The van der Waals surface area contributed by atoms with Crippen molar-refractivity contribution in [3.8, 4) is 0 Å². The summed E-state index contributed by atoms with van der Waals surface area (Å²) in [6.45, 7) is 9.09. The molecule has 0 unspecified atom stereocenters. The van der Waals surface area contributed by atoms with Crippen LogP contribution in [0.5, 0.6) is 0 Å². The maximum Gasteiger partial charge on any atom is 0.0373 e. The van der Waals surface area contributed by atoms with Crippen molar-refractivity contribution >= 4 is 21.6 Å². The Hall–Kier alpha value is -0.760. The zero-order valence-corrected chi connectivity index (χ0v) is 11.0. The molecule has 0 amide bonds. The molecule has 0 bridgehead atoms. The molecular formula is C13H18BrN. The quantitative estimate of drug-likeness (QED) is 0.781. The van der Waals surface area contributed by atoms with Crippen molar-refractivity contribution in [1.29, 1.82) is 0 Å². The Morgan fingerprint density at radius 2 is 2.20 bits per heavy atom. The maximum atomic E-state index is 3.90. The van der Waals surface area contributed by atoms with Gasteiger partial charge >= 0.3 is 0 Å². The summed E-state index contributed by atoms with van der Waals surface area (Å²) >= 11 is 3.49. The molecular weight excluding hydrogens is 250 g/mol. The monoisotopic (exact) mass is 267 g/mol. The van der Waals surface area contributed by atoms with E-state index in [9.17, 15) is 0 Å². The summed E-state index contributed by atoms with van der Waals surface area (Å²) in [6, 6.07) is 6.37. The maximum absolute atomic E-state index is 3.90. The van der Waals surface area contributed by atoms with Crippen LogP contribution in [0.2, 0.25) is 0 Å². The van der Waals surface area contributed by atoms with E-state index in [1.54, 1.807) is 0 Å². The fourth-order valence-corrected chi connectivity index (χ4v) is 1.85. The minimum atomic E-state index is 0.962. The highest BCUT2D eigenvalue weighted by molar-refractivity contribution is 9.10. The van der Waals surface area contributed by atoms with Crippen molar-refractivity contribution in [2.75, 3.05) is 11.9 Å². The van der Waals surface area contributed by atoms with Crippen molar-refractivity contribution in [2.24, 2.45) is 0 Å². The predicted molar refractivity (Wildman–Crippen MR) is 71.4 cm³/mol. The highest BCUT2D eigenvalue weighted by Crippen LogP contribution is 2.21. The number of aryl methyl sites for hydroxylation is 1. The smallest absolute Gasteiger partial charge is 0.0373 e. The lowest BCUT2D eigenvalue weighted by Gasteiger charge is -2.11. The van der Waals surface area contributed by atoms with Crippen LogP contribution in [0.3, 0.4) is 0 Å². The number of hydrogen-bond acceptors (Lipinski definition) is 1. The Morgan fingerprint density at radius 1 is 1.47 bits per heavy atom. The molecule has 1 rings (SSSR count). The summed E-state index contributed by atoms with van der Waals surface area (Å²) in [6.07, 6.45) is 2.08. The second-order valence-electron chi connectivity index (χ2n) is 3.79. The van der Waals surface area contributed by atoms with Gasteiger partial charge in [0.25, 0.3) is 0 Å². The fourth-order valence-electron chi connectivity index (χ4n) is 1.44. The summed E-state index contributed by atoms with van der Waals surface area (Å²) < 4.78 is 1.14. The molecule has 0 heterocycles. The highest BCUT2D eigenvalue weighted by Gasteiger charge is 2.00. The molecule has 1 aromatic carbocycles. The van der Waals surface area contributed by atoms with Crippen molar-refractivity contribution < 1.29 is 0 Å². The zero-order chi connectivity index (χ0) is 11.3. The van der Waals surface area contributed by atoms with E-state index in [4.69, 9.17) is 0 Å². The second kappa shape index (κ2) is 5.96. The van der Waals surface area contributed by atoms with Crippen molar-refractivity contribution in [3.05, 3.63) is 40.4 Å². The first-order chi connectivity index (χ1) is 7.13. The molecule has 0 radical (unpaired) electrons. The van der Waals surface area contributed by atoms with Gasteiger partial charge in [-0.1, -0.05) is 28.4 Å². The number of nitrogens with one attached hydrogen (secondary N) is 1. The van der Waals surface area contributed by atoms with Crippen LogP contribution in [0, 0.1) is 0 Å². The number of benzene rings is 1. The molecule has 2 heteroatoms. The highest BCUT2D eigenvalue weighted by atomic mass is 79.9. The van der Waals surface area contributed by atoms with Gasteiger partial charge in [0.05, 0.1) is 0 Å². The summed E-state index contributed by atoms with van der Waals surface area (Å²) in [5.74, 6) is 0.